The first-order valence-electron chi connectivity index (χ1n) is 7.73. The van der Waals surface area contributed by atoms with Crippen LogP contribution in [-0.4, -0.2) is 45.3 Å². The SMILES string of the molecule is N=C(N)N1CCC([CH]C(=O)c2nc3ccccc3n2C(N)=O)CC1. The summed E-state index contributed by atoms with van der Waals surface area (Å²) in [5.74, 6) is -0.159. The first kappa shape index (κ1) is 16.0. The average molecular weight is 327 g/mol. The van der Waals surface area contributed by atoms with E-state index in [1.807, 2.05) is 0 Å². The van der Waals surface area contributed by atoms with E-state index in [9.17, 15) is 9.59 Å². The molecule has 1 saturated heterocycles. The molecule has 24 heavy (non-hydrogen) atoms. The number of imidazole rings is 1. The number of Topliss-reactive ketones (excluding diaryl/α,β-unsaturated/α-hetero) is 1. The normalized spacial score (nSPS) is 15.6. The lowest BCUT2D eigenvalue weighted by Gasteiger charge is -2.31. The highest BCUT2D eigenvalue weighted by atomic mass is 16.2. The van der Waals surface area contributed by atoms with Crippen molar-refractivity contribution in [2.75, 3.05) is 13.1 Å². The molecule has 3 rings (SSSR count). The minimum atomic E-state index is -0.730. The van der Waals surface area contributed by atoms with Crippen LogP contribution in [0, 0.1) is 17.7 Å². The molecule has 8 heteroatoms. The van der Waals surface area contributed by atoms with Crippen LogP contribution in [0.15, 0.2) is 24.3 Å². The van der Waals surface area contributed by atoms with Crippen molar-refractivity contribution in [3.05, 3.63) is 36.5 Å². The molecule has 1 aliphatic rings. The summed E-state index contributed by atoms with van der Waals surface area (Å²) in [6.45, 7) is 1.27. The molecule has 0 spiro atoms. The first-order chi connectivity index (χ1) is 11.5. The number of benzene rings is 1. The number of ketones is 1. The van der Waals surface area contributed by atoms with E-state index < -0.39 is 6.03 Å². The van der Waals surface area contributed by atoms with E-state index >= 15 is 0 Å². The lowest BCUT2D eigenvalue weighted by molar-refractivity contribution is 0.0993. The van der Waals surface area contributed by atoms with Gasteiger partial charge >= 0.3 is 6.03 Å². The number of primary amides is 1. The van der Waals surface area contributed by atoms with Crippen molar-refractivity contribution in [1.29, 1.82) is 5.41 Å². The number of hydrogen-bond donors (Lipinski definition) is 3. The van der Waals surface area contributed by atoms with Gasteiger partial charge in [-0.1, -0.05) is 12.1 Å². The van der Waals surface area contributed by atoms with Gasteiger partial charge in [0.2, 0.25) is 5.78 Å². The molecule has 1 radical (unpaired) electrons. The predicted molar refractivity (Wildman–Crippen MR) is 89.6 cm³/mol. The summed E-state index contributed by atoms with van der Waals surface area (Å²) in [6, 6.07) is 6.26. The number of guanidine groups is 1. The highest BCUT2D eigenvalue weighted by Gasteiger charge is 2.26. The molecule has 1 aromatic carbocycles. The summed E-state index contributed by atoms with van der Waals surface area (Å²) < 4.78 is 1.15. The van der Waals surface area contributed by atoms with Gasteiger partial charge in [-0.2, -0.15) is 0 Å². The topological polar surface area (TPSA) is 131 Å². The number of piperidine rings is 1. The molecule has 0 bridgehead atoms. The van der Waals surface area contributed by atoms with Gasteiger partial charge in [-0.25, -0.2) is 14.3 Å². The van der Waals surface area contributed by atoms with Gasteiger partial charge in [-0.3, -0.25) is 10.2 Å². The summed E-state index contributed by atoms with van der Waals surface area (Å²) in [4.78, 5) is 30.4. The maximum absolute atomic E-state index is 12.6. The van der Waals surface area contributed by atoms with Gasteiger partial charge in [0.1, 0.15) is 0 Å². The van der Waals surface area contributed by atoms with Crippen LogP contribution in [0.1, 0.15) is 23.5 Å². The third-order valence-electron chi connectivity index (χ3n) is 4.27. The molecule has 1 aromatic heterocycles. The Bertz CT molecular complexity index is 804. The molecule has 0 aliphatic carbocycles. The van der Waals surface area contributed by atoms with Crippen LogP contribution in [0.2, 0.25) is 0 Å². The monoisotopic (exact) mass is 327 g/mol. The second-order valence-electron chi connectivity index (χ2n) is 5.84. The Balaban J connectivity index is 1.78. The molecule has 1 aliphatic heterocycles. The molecule has 0 atom stereocenters. The summed E-state index contributed by atoms with van der Waals surface area (Å²) >= 11 is 0. The van der Waals surface area contributed by atoms with E-state index in [0.29, 0.717) is 24.1 Å². The number of nitrogens with two attached hydrogens (primary N) is 2. The molecule has 5 N–H and O–H groups in total. The molecular weight excluding hydrogens is 308 g/mol. The minimum Gasteiger partial charge on any atom is -0.370 e. The van der Waals surface area contributed by atoms with E-state index in [2.05, 4.69) is 4.98 Å². The third-order valence-corrected chi connectivity index (χ3v) is 4.27. The van der Waals surface area contributed by atoms with E-state index in [0.717, 1.165) is 17.4 Å². The van der Waals surface area contributed by atoms with Crippen LogP contribution in [0.25, 0.3) is 11.0 Å². The fourth-order valence-electron chi connectivity index (χ4n) is 3.01. The Morgan fingerprint density at radius 1 is 1.21 bits per heavy atom. The molecule has 1 fully saturated rings. The number of amides is 1. The van der Waals surface area contributed by atoms with Gasteiger partial charge in [-0.05, 0) is 30.9 Å². The van der Waals surface area contributed by atoms with Gasteiger partial charge in [0.25, 0.3) is 0 Å². The molecule has 0 saturated carbocycles. The van der Waals surface area contributed by atoms with Crippen molar-refractivity contribution in [2.24, 2.45) is 17.4 Å². The summed E-state index contributed by atoms with van der Waals surface area (Å²) in [5, 5.41) is 7.43. The molecule has 2 aromatic rings. The number of nitrogens with one attached hydrogen (secondary N) is 1. The molecule has 125 valence electrons. The standard InChI is InChI=1S/C16H19N6O2/c17-15(18)21-7-5-10(6-8-21)9-13(23)14-20-11-3-1-2-4-12(11)22(14)16(19)24/h1-4,9-10H,5-8H2,(H3,17,18)(H2,19,24). The van der Waals surface area contributed by atoms with Crippen molar-refractivity contribution >= 4 is 28.8 Å². The van der Waals surface area contributed by atoms with Crippen LogP contribution < -0.4 is 11.5 Å². The Morgan fingerprint density at radius 2 is 1.88 bits per heavy atom. The Morgan fingerprint density at radius 3 is 2.50 bits per heavy atom. The Kier molecular flexibility index (Phi) is 4.20. The van der Waals surface area contributed by atoms with Gasteiger partial charge < -0.3 is 16.4 Å². The van der Waals surface area contributed by atoms with Gasteiger partial charge in [0, 0.05) is 19.5 Å². The molecule has 8 nitrogen and oxygen atoms in total. The van der Waals surface area contributed by atoms with Crippen molar-refractivity contribution < 1.29 is 9.59 Å². The zero-order valence-corrected chi connectivity index (χ0v) is 13.1. The number of carbonyl (C=O) groups is 2. The number of para-hydroxylation sites is 2. The van der Waals surface area contributed by atoms with E-state index in [4.69, 9.17) is 16.9 Å². The highest BCUT2D eigenvalue weighted by Crippen LogP contribution is 2.23. The number of fused-ring (bicyclic) bond motifs is 1. The predicted octanol–water partition coefficient (Wildman–Crippen LogP) is 0.956. The van der Waals surface area contributed by atoms with E-state index in [-0.39, 0.29) is 23.5 Å². The average Bonchev–Trinajstić information content (AvgIpc) is 2.95. The van der Waals surface area contributed by atoms with E-state index in [1.165, 1.54) is 0 Å². The van der Waals surface area contributed by atoms with Crippen LogP contribution in [-0.2, 0) is 0 Å². The number of rotatable bonds is 3. The van der Waals surface area contributed by atoms with Gasteiger partial charge in [0.05, 0.1) is 11.0 Å². The largest absolute Gasteiger partial charge is 0.370 e. The Hall–Kier alpha value is -2.90. The van der Waals surface area contributed by atoms with E-state index in [1.54, 1.807) is 35.6 Å². The van der Waals surface area contributed by atoms with Crippen LogP contribution in [0.3, 0.4) is 0 Å². The zero-order chi connectivity index (χ0) is 17.3. The van der Waals surface area contributed by atoms with Crippen LogP contribution in [0.4, 0.5) is 4.79 Å². The second kappa shape index (κ2) is 6.31. The number of carbonyl (C=O) groups excluding carboxylic acids is 2. The maximum atomic E-state index is 12.6. The zero-order valence-electron chi connectivity index (χ0n) is 13.1. The molecule has 2 heterocycles. The fraction of sp³-hybridized carbons (Fsp3) is 0.312. The number of hydrogen-bond acceptors (Lipinski definition) is 4. The molecular formula is C16H19N6O2. The van der Waals surface area contributed by atoms with Crippen molar-refractivity contribution in [2.45, 2.75) is 12.8 Å². The van der Waals surface area contributed by atoms with Crippen LogP contribution >= 0.6 is 0 Å². The summed E-state index contributed by atoms with van der Waals surface area (Å²) in [5.41, 5.74) is 12.0. The smallest absolute Gasteiger partial charge is 0.325 e. The number of aromatic nitrogens is 2. The van der Waals surface area contributed by atoms with Crippen LogP contribution in [0.5, 0.6) is 0 Å². The number of likely N-dealkylation sites (tertiary alicyclic amines) is 1. The van der Waals surface area contributed by atoms with Crippen molar-refractivity contribution in [3.63, 3.8) is 0 Å². The van der Waals surface area contributed by atoms with Crippen molar-refractivity contribution in [1.82, 2.24) is 14.5 Å². The second-order valence-corrected chi connectivity index (χ2v) is 5.84. The first-order valence-corrected chi connectivity index (χ1v) is 7.73. The third kappa shape index (κ3) is 2.94. The summed E-state index contributed by atoms with van der Waals surface area (Å²) in [6.07, 6.45) is 3.04. The molecule has 0 unspecified atom stereocenters. The fourth-order valence-corrected chi connectivity index (χ4v) is 3.01. The minimum absolute atomic E-state index is 0.0395. The quantitative estimate of drug-likeness (QED) is 0.439. The lowest BCUT2D eigenvalue weighted by atomic mass is 9.91. The maximum Gasteiger partial charge on any atom is 0.325 e. The van der Waals surface area contributed by atoms with Crippen molar-refractivity contribution in [3.8, 4) is 0 Å². The lowest BCUT2D eigenvalue weighted by Crippen LogP contribution is -2.42. The highest BCUT2D eigenvalue weighted by molar-refractivity contribution is 6.06. The Labute approximate surface area is 138 Å². The van der Waals surface area contributed by atoms with Gasteiger partial charge in [-0.15, -0.1) is 0 Å². The number of nitrogens with zero attached hydrogens (tertiary/aromatic N) is 3. The molecule has 1 amide bonds. The van der Waals surface area contributed by atoms with Gasteiger partial charge in [0.15, 0.2) is 11.8 Å². The summed E-state index contributed by atoms with van der Waals surface area (Å²) in [7, 11) is 0.